The van der Waals surface area contributed by atoms with Crippen LogP contribution in [0.25, 0.3) is 0 Å². The highest BCUT2D eigenvalue weighted by atomic mass is 35.5. The number of benzene rings is 1. The molecule has 0 bridgehead atoms. The third kappa shape index (κ3) is 3.61. The largest absolute Gasteiger partial charge is 0.416 e. The van der Waals surface area contributed by atoms with Crippen LogP contribution in [0.4, 0.5) is 29.1 Å². The minimum atomic E-state index is -4.58. The van der Waals surface area contributed by atoms with E-state index in [0.717, 1.165) is 18.2 Å². The van der Waals surface area contributed by atoms with Crippen LogP contribution in [-0.2, 0) is 6.18 Å². The van der Waals surface area contributed by atoms with Gasteiger partial charge in [-0.2, -0.15) is 18.4 Å². The molecular formula is C13H6ClF4N3. The summed E-state index contributed by atoms with van der Waals surface area (Å²) in [5, 5.41) is 11.0. The number of rotatable bonds is 2. The molecule has 1 heterocycles. The molecule has 1 aromatic heterocycles. The molecular weight excluding hydrogens is 310 g/mol. The van der Waals surface area contributed by atoms with Gasteiger partial charge < -0.3 is 5.32 Å². The Kier molecular flexibility index (Phi) is 4.00. The van der Waals surface area contributed by atoms with Gasteiger partial charge >= 0.3 is 6.18 Å². The van der Waals surface area contributed by atoms with Crippen molar-refractivity contribution in [2.75, 3.05) is 5.32 Å². The average Bonchev–Trinajstić information content (AvgIpc) is 2.39. The van der Waals surface area contributed by atoms with Gasteiger partial charge in [0.1, 0.15) is 22.9 Å². The number of pyridine rings is 1. The maximum Gasteiger partial charge on any atom is 0.416 e. The van der Waals surface area contributed by atoms with E-state index in [2.05, 4.69) is 10.3 Å². The number of nitrogens with zero attached hydrogens (tertiary/aromatic N) is 2. The molecule has 0 amide bonds. The van der Waals surface area contributed by atoms with Gasteiger partial charge in [-0.15, -0.1) is 0 Å². The van der Waals surface area contributed by atoms with Crippen LogP contribution in [0.2, 0.25) is 5.15 Å². The lowest BCUT2D eigenvalue weighted by molar-refractivity contribution is -0.137. The minimum Gasteiger partial charge on any atom is -0.339 e. The van der Waals surface area contributed by atoms with Crippen LogP contribution in [0.15, 0.2) is 30.3 Å². The third-order valence-electron chi connectivity index (χ3n) is 2.49. The summed E-state index contributed by atoms with van der Waals surface area (Å²) < 4.78 is 51.0. The highest BCUT2D eigenvalue weighted by molar-refractivity contribution is 6.29. The Morgan fingerprint density at radius 3 is 2.52 bits per heavy atom. The quantitative estimate of drug-likeness (QED) is 0.655. The third-order valence-corrected chi connectivity index (χ3v) is 2.68. The molecule has 0 radical (unpaired) electrons. The zero-order valence-electron chi connectivity index (χ0n) is 10.2. The normalized spacial score (nSPS) is 11.0. The zero-order chi connectivity index (χ0) is 15.6. The fourth-order valence-corrected chi connectivity index (χ4v) is 1.79. The van der Waals surface area contributed by atoms with Crippen molar-refractivity contribution in [2.24, 2.45) is 0 Å². The molecule has 0 saturated heterocycles. The molecule has 2 aromatic rings. The van der Waals surface area contributed by atoms with E-state index in [9.17, 15) is 17.6 Å². The molecule has 0 saturated carbocycles. The summed E-state index contributed by atoms with van der Waals surface area (Å²) >= 11 is 5.55. The Bertz CT molecular complexity index is 722. The summed E-state index contributed by atoms with van der Waals surface area (Å²) in [6, 6.07) is 6.41. The molecule has 21 heavy (non-hydrogen) atoms. The number of alkyl halides is 3. The van der Waals surface area contributed by atoms with Crippen LogP contribution in [0.5, 0.6) is 0 Å². The van der Waals surface area contributed by atoms with Crippen molar-refractivity contribution >= 4 is 23.1 Å². The number of hydrogen-bond acceptors (Lipinski definition) is 3. The first-order valence-electron chi connectivity index (χ1n) is 5.51. The molecule has 8 heteroatoms. The first-order valence-corrected chi connectivity index (χ1v) is 5.89. The first kappa shape index (κ1) is 15.1. The standard InChI is InChI=1S/C13H6ClF4N3/c14-11-4-8(13(16,17)18)5-12(21-11)20-10-2-1-9(15)3-7(10)6-19/h1-5H,(H,20,21). The molecule has 1 N–H and O–H groups in total. The number of nitriles is 1. The molecule has 0 fully saturated rings. The number of aromatic nitrogens is 1. The summed E-state index contributed by atoms with van der Waals surface area (Å²) in [4.78, 5) is 3.69. The van der Waals surface area contributed by atoms with E-state index >= 15 is 0 Å². The van der Waals surface area contributed by atoms with Gasteiger partial charge in [0.2, 0.25) is 0 Å². The smallest absolute Gasteiger partial charge is 0.339 e. The molecule has 3 nitrogen and oxygen atoms in total. The van der Waals surface area contributed by atoms with E-state index in [-0.39, 0.29) is 22.2 Å². The second-order valence-corrected chi connectivity index (χ2v) is 4.38. The number of anilines is 2. The topological polar surface area (TPSA) is 48.7 Å². The molecule has 0 aliphatic rings. The van der Waals surface area contributed by atoms with Crippen molar-refractivity contribution in [3.8, 4) is 6.07 Å². The van der Waals surface area contributed by atoms with E-state index in [1.54, 1.807) is 6.07 Å². The summed E-state index contributed by atoms with van der Waals surface area (Å²) in [6.07, 6.45) is -4.58. The fourth-order valence-electron chi connectivity index (χ4n) is 1.58. The van der Waals surface area contributed by atoms with Gasteiger partial charge in [0.25, 0.3) is 0 Å². The first-order chi connectivity index (χ1) is 9.79. The zero-order valence-corrected chi connectivity index (χ0v) is 10.9. The van der Waals surface area contributed by atoms with Crippen molar-refractivity contribution in [3.63, 3.8) is 0 Å². The van der Waals surface area contributed by atoms with Crippen LogP contribution < -0.4 is 5.32 Å². The van der Waals surface area contributed by atoms with E-state index in [0.29, 0.717) is 6.07 Å². The fraction of sp³-hybridized carbons (Fsp3) is 0.0769. The Morgan fingerprint density at radius 2 is 1.90 bits per heavy atom. The van der Waals surface area contributed by atoms with Gasteiger partial charge in [0.05, 0.1) is 16.8 Å². The maximum atomic E-state index is 13.0. The Labute approximate surface area is 121 Å². The monoisotopic (exact) mass is 315 g/mol. The Morgan fingerprint density at radius 1 is 1.19 bits per heavy atom. The summed E-state index contributed by atoms with van der Waals surface area (Å²) in [5.74, 6) is -0.829. The van der Waals surface area contributed by atoms with Crippen LogP contribution in [0, 0.1) is 17.1 Å². The van der Waals surface area contributed by atoms with Gasteiger partial charge in [-0.25, -0.2) is 9.37 Å². The van der Waals surface area contributed by atoms with Crippen LogP contribution in [-0.4, -0.2) is 4.98 Å². The molecule has 108 valence electrons. The Hall–Kier alpha value is -2.33. The SMILES string of the molecule is N#Cc1cc(F)ccc1Nc1cc(C(F)(F)F)cc(Cl)n1. The summed E-state index contributed by atoms with van der Waals surface area (Å²) in [6.45, 7) is 0. The van der Waals surface area contributed by atoms with Gasteiger partial charge in [-0.05, 0) is 30.3 Å². The highest BCUT2D eigenvalue weighted by Crippen LogP contribution is 2.33. The molecule has 0 atom stereocenters. The molecule has 0 spiro atoms. The molecule has 0 aliphatic carbocycles. The van der Waals surface area contributed by atoms with Crippen molar-refractivity contribution in [1.82, 2.24) is 4.98 Å². The number of nitrogens with one attached hydrogen (secondary N) is 1. The lowest BCUT2D eigenvalue weighted by Gasteiger charge is -2.11. The maximum absolute atomic E-state index is 13.0. The van der Waals surface area contributed by atoms with Gasteiger partial charge in [-0.3, -0.25) is 0 Å². The van der Waals surface area contributed by atoms with Crippen molar-refractivity contribution in [3.05, 3.63) is 52.4 Å². The molecule has 2 rings (SSSR count). The predicted octanol–water partition coefficient (Wildman–Crippen LogP) is 4.51. The van der Waals surface area contributed by atoms with Crippen LogP contribution >= 0.6 is 11.6 Å². The lowest BCUT2D eigenvalue weighted by atomic mass is 10.2. The highest BCUT2D eigenvalue weighted by Gasteiger charge is 2.31. The van der Waals surface area contributed by atoms with Gasteiger partial charge in [0, 0.05) is 0 Å². The Balaban J connectivity index is 2.41. The van der Waals surface area contributed by atoms with Crippen LogP contribution in [0.1, 0.15) is 11.1 Å². The molecule has 1 aromatic carbocycles. The van der Waals surface area contributed by atoms with E-state index < -0.39 is 17.6 Å². The van der Waals surface area contributed by atoms with Gasteiger partial charge in [0.15, 0.2) is 0 Å². The van der Waals surface area contributed by atoms with Crippen molar-refractivity contribution in [2.45, 2.75) is 6.18 Å². The van der Waals surface area contributed by atoms with Crippen molar-refractivity contribution in [1.29, 1.82) is 5.26 Å². The second kappa shape index (κ2) is 5.58. The van der Waals surface area contributed by atoms with E-state index in [4.69, 9.17) is 16.9 Å². The molecule has 0 aliphatic heterocycles. The van der Waals surface area contributed by atoms with Gasteiger partial charge in [-0.1, -0.05) is 11.6 Å². The number of halogens is 5. The summed E-state index contributed by atoms with van der Waals surface area (Å²) in [5.41, 5.74) is -0.919. The van der Waals surface area contributed by atoms with E-state index in [1.165, 1.54) is 6.07 Å². The molecule has 0 unspecified atom stereocenters. The van der Waals surface area contributed by atoms with Crippen molar-refractivity contribution < 1.29 is 17.6 Å². The van der Waals surface area contributed by atoms with Crippen LogP contribution in [0.3, 0.4) is 0 Å². The predicted molar refractivity (Wildman–Crippen MR) is 68.6 cm³/mol. The summed E-state index contributed by atoms with van der Waals surface area (Å²) in [7, 11) is 0. The van der Waals surface area contributed by atoms with E-state index in [1.807, 2.05) is 0 Å². The average molecular weight is 316 g/mol. The number of hydrogen-bond donors (Lipinski definition) is 1. The minimum absolute atomic E-state index is 0.0645. The second-order valence-electron chi connectivity index (χ2n) is 3.99. The lowest BCUT2D eigenvalue weighted by Crippen LogP contribution is -2.07.